The summed E-state index contributed by atoms with van der Waals surface area (Å²) < 4.78 is 0. The van der Waals surface area contributed by atoms with Crippen LogP contribution in [0.2, 0.25) is 0 Å². The molecule has 2 rings (SSSR count). The minimum atomic E-state index is -0.0160. The van der Waals surface area contributed by atoms with Crippen molar-refractivity contribution in [2.75, 3.05) is 18.5 Å². The molecule has 0 spiro atoms. The van der Waals surface area contributed by atoms with E-state index in [1.165, 1.54) is 5.56 Å². The summed E-state index contributed by atoms with van der Waals surface area (Å²) in [4.78, 5) is 14.0. The summed E-state index contributed by atoms with van der Waals surface area (Å²) in [6.45, 7) is 5.15. The summed E-state index contributed by atoms with van der Waals surface area (Å²) in [6.07, 6.45) is 0.890. The second kappa shape index (κ2) is 4.88. The lowest BCUT2D eigenvalue weighted by Crippen LogP contribution is -2.36. The molecule has 1 amide bonds. The number of amides is 1. The summed E-state index contributed by atoms with van der Waals surface area (Å²) in [5.74, 6) is 0.682. The van der Waals surface area contributed by atoms with Crippen molar-refractivity contribution in [1.29, 1.82) is 0 Å². The lowest BCUT2D eigenvalue weighted by Gasteiger charge is -2.18. The summed E-state index contributed by atoms with van der Waals surface area (Å²) >= 11 is 0. The van der Waals surface area contributed by atoms with Gasteiger partial charge in [0.1, 0.15) is 0 Å². The number of hydrogen-bond donors (Lipinski definition) is 1. The lowest BCUT2D eigenvalue weighted by molar-refractivity contribution is -0.118. The normalized spacial score (nSPS) is 20.4. The van der Waals surface area contributed by atoms with Crippen LogP contribution < -0.4 is 10.2 Å². The quantitative estimate of drug-likeness (QED) is 0.866. The number of rotatable bonds is 3. The first-order valence-corrected chi connectivity index (χ1v) is 6.22. The number of carbonyl (C=O) groups excluding carboxylic acids is 1. The van der Waals surface area contributed by atoms with Crippen LogP contribution >= 0.6 is 0 Å². The SMILES string of the molecule is CNC1CCN(c2cccc(C(C)C)c2)C1=O. The number of likely N-dealkylation sites (N-methyl/N-ethyl adjacent to an activating group) is 1. The third-order valence-electron chi connectivity index (χ3n) is 3.40. The zero-order chi connectivity index (χ0) is 12.4. The van der Waals surface area contributed by atoms with Gasteiger partial charge >= 0.3 is 0 Å². The van der Waals surface area contributed by atoms with Gasteiger partial charge in [-0.05, 0) is 37.1 Å². The van der Waals surface area contributed by atoms with Crippen molar-refractivity contribution in [2.24, 2.45) is 0 Å². The maximum atomic E-state index is 12.1. The van der Waals surface area contributed by atoms with Gasteiger partial charge in [0.15, 0.2) is 0 Å². The molecule has 3 heteroatoms. The molecule has 1 aliphatic heterocycles. The first-order chi connectivity index (χ1) is 8.13. The first-order valence-electron chi connectivity index (χ1n) is 6.22. The fraction of sp³-hybridized carbons (Fsp3) is 0.500. The molecule has 1 N–H and O–H groups in total. The van der Waals surface area contributed by atoms with Crippen LogP contribution in [0.4, 0.5) is 5.69 Å². The molecule has 0 aliphatic carbocycles. The van der Waals surface area contributed by atoms with Gasteiger partial charge in [-0.1, -0.05) is 26.0 Å². The van der Waals surface area contributed by atoms with E-state index in [4.69, 9.17) is 0 Å². The Labute approximate surface area is 103 Å². The van der Waals surface area contributed by atoms with Crippen LogP contribution in [0.25, 0.3) is 0 Å². The van der Waals surface area contributed by atoms with E-state index in [1.807, 2.05) is 24.1 Å². The first kappa shape index (κ1) is 12.1. The van der Waals surface area contributed by atoms with Gasteiger partial charge in [-0.25, -0.2) is 0 Å². The number of hydrogen-bond acceptors (Lipinski definition) is 2. The topological polar surface area (TPSA) is 32.3 Å². The monoisotopic (exact) mass is 232 g/mol. The van der Waals surface area contributed by atoms with Gasteiger partial charge in [0, 0.05) is 12.2 Å². The average molecular weight is 232 g/mol. The van der Waals surface area contributed by atoms with Crippen LogP contribution in [0.15, 0.2) is 24.3 Å². The molecule has 0 saturated carbocycles. The van der Waals surface area contributed by atoms with Gasteiger partial charge in [0.2, 0.25) is 5.91 Å². The van der Waals surface area contributed by atoms with E-state index in [9.17, 15) is 4.79 Å². The maximum Gasteiger partial charge on any atom is 0.244 e. The van der Waals surface area contributed by atoms with Crippen LogP contribution in [-0.4, -0.2) is 25.5 Å². The van der Waals surface area contributed by atoms with Crippen molar-refractivity contribution >= 4 is 11.6 Å². The van der Waals surface area contributed by atoms with E-state index in [0.717, 1.165) is 18.7 Å². The smallest absolute Gasteiger partial charge is 0.244 e. The number of nitrogens with zero attached hydrogens (tertiary/aromatic N) is 1. The second-order valence-corrected chi connectivity index (χ2v) is 4.87. The molecule has 0 bridgehead atoms. The van der Waals surface area contributed by atoms with Crippen LogP contribution in [0.1, 0.15) is 31.7 Å². The molecular formula is C14H20N2O. The van der Waals surface area contributed by atoms with Gasteiger partial charge < -0.3 is 10.2 Å². The highest BCUT2D eigenvalue weighted by atomic mass is 16.2. The Hall–Kier alpha value is -1.35. The van der Waals surface area contributed by atoms with E-state index >= 15 is 0 Å². The zero-order valence-electron chi connectivity index (χ0n) is 10.7. The van der Waals surface area contributed by atoms with E-state index < -0.39 is 0 Å². The summed E-state index contributed by atoms with van der Waals surface area (Å²) in [5.41, 5.74) is 2.31. The summed E-state index contributed by atoms with van der Waals surface area (Å²) in [6, 6.07) is 8.27. The van der Waals surface area contributed by atoms with Crippen molar-refractivity contribution < 1.29 is 4.79 Å². The van der Waals surface area contributed by atoms with E-state index in [2.05, 4.69) is 31.3 Å². The van der Waals surface area contributed by atoms with Crippen molar-refractivity contribution in [2.45, 2.75) is 32.2 Å². The van der Waals surface area contributed by atoms with Crippen molar-refractivity contribution in [1.82, 2.24) is 5.32 Å². The molecule has 17 heavy (non-hydrogen) atoms. The number of benzene rings is 1. The highest BCUT2D eigenvalue weighted by Gasteiger charge is 2.31. The zero-order valence-corrected chi connectivity index (χ0v) is 10.7. The molecule has 1 fully saturated rings. The van der Waals surface area contributed by atoms with E-state index in [1.54, 1.807) is 0 Å². The van der Waals surface area contributed by atoms with Crippen LogP contribution in [0.5, 0.6) is 0 Å². The van der Waals surface area contributed by atoms with E-state index in [0.29, 0.717) is 5.92 Å². The Morgan fingerprint density at radius 2 is 2.18 bits per heavy atom. The Kier molecular flexibility index (Phi) is 3.48. The summed E-state index contributed by atoms with van der Waals surface area (Å²) in [5, 5.41) is 3.06. The second-order valence-electron chi connectivity index (χ2n) is 4.87. The lowest BCUT2D eigenvalue weighted by atomic mass is 10.0. The fourth-order valence-electron chi connectivity index (χ4n) is 2.26. The van der Waals surface area contributed by atoms with Crippen molar-refractivity contribution in [3.05, 3.63) is 29.8 Å². The van der Waals surface area contributed by atoms with Gasteiger partial charge in [0.25, 0.3) is 0 Å². The number of anilines is 1. The van der Waals surface area contributed by atoms with Crippen LogP contribution in [-0.2, 0) is 4.79 Å². The number of carbonyl (C=O) groups is 1. The van der Waals surface area contributed by atoms with Crippen LogP contribution in [0.3, 0.4) is 0 Å². The Morgan fingerprint density at radius 3 is 2.76 bits per heavy atom. The minimum Gasteiger partial charge on any atom is -0.311 e. The molecule has 1 atom stereocenters. The van der Waals surface area contributed by atoms with E-state index in [-0.39, 0.29) is 11.9 Å². The van der Waals surface area contributed by atoms with Crippen LogP contribution in [0, 0.1) is 0 Å². The molecule has 1 aromatic rings. The minimum absolute atomic E-state index is 0.0160. The molecule has 1 aromatic carbocycles. The Morgan fingerprint density at radius 1 is 1.41 bits per heavy atom. The standard InChI is InChI=1S/C14H20N2O/c1-10(2)11-5-4-6-12(9-11)16-8-7-13(15-3)14(16)17/h4-6,9-10,13,15H,7-8H2,1-3H3. The van der Waals surface area contributed by atoms with Gasteiger partial charge in [-0.15, -0.1) is 0 Å². The largest absolute Gasteiger partial charge is 0.311 e. The van der Waals surface area contributed by atoms with Gasteiger partial charge in [-0.2, -0.15) is 0 Å². The van der Waals surface area contributed by atoms with Crippen molar-refractivity contribution in [3.8, 4) is 0 Å². The Bertz CT molecular complexity index is 414. The predicted molar refractivity (Wildman–Crippen MR) is 70.3 cm³/mol. The fourth-order valence-corrected chi connectivity index (χ4v) is 2.26. The molecule has 3 nitrogen and oxygen atoms in total. The average Bonchev–Trinajstić information content (AvgIpc) is 2.70. The molecule has 92 valence electrons. The molecule has 0 radical (unpaired) electrons. The number of nitrogens with one attached hydrogen (secondary N) is 1. The molecule has 1 unspecified atom stereocenters. The maximum absolute atomic E-state index is 12.1. The highest BCUT2D eigenvalue weighted by molar-refractivity contribution is 5.99. The van der Waals surface area contributed by atoms with Gasteiger partial charge in [0.05, 0.1) is 6.04 Å². The molecule has 0 aromatic heterocycles. The predicted octanol–water partition coefficient (Wildman–Crippen LogP) is 2.13. The molecule has 1 aliphatic rings. The third kappa shape index (κ3) is 2.34. The Balaban J connectivity index is 2.23. The van der Waals surface area contributed by atoms with Crippen molar-refractivity contribution in [3.63, 3.8) is 0 Å². The molecule has 1 heterocycles. The highest BCUT2D eigenvalue weighted by Crippen LogP contribution is 2.25. The summed E-state index contributed by atoms with van der Waals surface area (Å²) in [7, 11) is 1.84. The molecule has 1 saturated heterocycles. The molecular weight excluding hydrogens is 212 g/mol. The third-order valence-corrected chi connectivity index (χ3v) is 3.40. The van der Waals surface area contributed by atoms with Gasteiger partial charge in [-0.3, -0.25) is 4.79 Å².